The molecule has 0 radical (unpaired) electrons. The molecule has 0 aliphatic carbocycles. The summed E-state index contributed by atoms with van der Waals surface area (Å²) in [6, 6.07) is 14.2. The summed E-state index contributed by atoms with van der Waals surface area (Å²) < 4.78 is 38.8. The van der Waals surface area contributed by atoms with Crippen LogP contribution < -0.4 is 0 Å². The molecule has 0 N–H and O–H groups in total. The zero-order valence-corrected chi connectivity index (χ0v) is 13.4. The summed E-state index contributed by atoms with van der Waals surface area (Å²) in [6.07, 6.45) is -3.93. The smallest absolute Gasteiger partial charge is 0.284 e. The number of rotatable bonds is 3. The fourth-order valence-electron chi connectivity index (χ4n) is 2.26. The molecule has 0 aliphatic rings. The third kappa shape index (κ3) is 3.28. The Hall–Kier alpha value is -2.34. The van der Waals surface area contributed by atoms with Crippen LogP contribution in [-0.4, -0.2) is 16.9 Å². The number of fused-ring (bicyclic) bond motifs is 1. The lowest BCUT2D eigenvalue weighted by Gasteiger charge is -2.13. The number of nitrogens with zero attached hydrogens (tertiary/aromatic N) is 1. The van der Waals surface area contributed by atoms with E-state index in [1.165, 1.54) is 0 Å². The van der Waals surface area contributed by atoms with Gasteiger partial charge in [-0.3, -0.25) is 9.78 Å². The van der Waals surface area contributed by atoms with Crippen LogP contribution in [0.5, 0.6) is 0 Å². The van der Waals surface area contributed by atoms with Gasteiger partial charge < -0.3 is 0 Å². The quantitative estimate of drug-likeness (QED) is 0.591. The molecule has 0 unspecified atom stereocenters. The van der Waals surface area contributed by atoms with Crippen LogP contribution in [0.1, 0.15) is 15.9 Å². The Morgan fingerprint density at radius 3 is 2.38 bits per heavy atom. The van der Waals surface area contributed by atoms with Gasteiger partial charge in [-0.2, -0.15) is 13.2 Å². The molecule has 122 valence electrons. The maximum atomic E-state index is 12.9. The number of pyridine rings is 1. The first-order chi connectivity index (χ1) is 11.4. The van der Waals surface area contributed by atoms with E-state index in [-0.39, 0.29) is 4.90 Å². The van der Waals surface area contributed by atoms with Crippen LogP contribution in [0.4, 0.5) is 13.2 Å². The van der Waals surface area contributed by atoms with Crippen LogP contribution >= 0.6 is 11.8 Å². The molecule has 0 atom stereocenters. The van der Waals surface area contributed by atoms with E-state index in [1.54, 1.807) is 24.3 Å². The van der Waals surface area contributed by atoms with Crippen LogP contribution in [0.15, 0.2) is 64.5 Å². The lowest BCUT2D eigenvalue weighted by molar-refractivity contribution is -0.0887. The van der Waals surface area contributed by atoms with Gasteiger partial charge in [0.1, 0.15) is 0 Å². The van der Waals surface area contributed by atoms with Gasteiger partial charge >= 0.3 is 6.18 Å². The lowest BCUT2D eigenvalue weighted by atomic mass is 10.1. The van der Waals surface area contributed by atoms with Crippen molar-refractivity contribution < 1.29 is 18.0 Å². The zero-order chi connectivity index (χ0) is 17.3. The van der Waals surface area contributed by atoms with E-state index in [1.807, 2.05) is 31.2 Å². The summed E-state index contributed by atoms with van der Waals surface area (Å²) in [6.45, 7) is 1.93. The van der Waals surface area contributed by atoms with Gasteiger partial charge in [-0.15, -0.1) is 0 Å². The summed E-state index contributed by atoms with van der Waals surface area (Å²) in [7, 11) is 0. The number of alkyl halides is 3. The molecule has 2 nitrogen and oxygen atoms in total. The van der Waals surface area contributed by atoms with Gasteiger partial charge in [0.25, 0.3) is 5.78 Å². The molecule has 1 aromatic heterocycles. The molecule has 0 fully saturated rings. The second-order valence-electron chi connectivity index (χ2n) is 5.26. The predicted molar refractivity (Wildman–Crippen MR) is 87.4 cm³/mol. The van der Waals surface area contributed by atoms with Gasteiger partial charge in [-0.25, -0.2) is 0 Å². The first kappa shape index (κ1) is 16.5. The highest BCUT2D eigenvalue weighted by Crippen LogP contribution is 2.38. The van der Waals surface area contributed by atoms with Crippen molar-refractivity contribution in [3.63, 3.8) is 0 Å². The summed E-state index contributed by atoms with van der Waals surface area (Å²) in [5.74, 6) is -1.88. The van der Waals surface area contributed by atoms with E-state index in [0.29, 0.717) is 10.9 Å². The van der Waals surface area contributed by atoms with Crippen LogP contribution in [0, 0.1) is 6.92 Å². The molecule has 3 rings (SSSR count). The molecule has 24 heavy (non-hydrogen) atoms. The number of para-hydroxylation sites is 1. The third-order valence-electron chi connectivity index (χ3n) is 3.47. The van der Waals surface area contributed by atoms with E-state index in [9.17, 15) is 18.0 Å². The number of hydrogen-bond acceptors (Lipinski definition) is 3. The molecule has 3 aromatic rings. The van der Waals surface area contributed by atoms with Crippen LogP contribution in [0.25, 0.3) is 10.9 Å². The van der Waals surface area contributed by atoms with E-state index in [0.717, 1.165) is 28.4 Å². The molecule has 2 aromatic carbocycles. The topological polar surface area (TPSA) is 30.0 Å². The van der Waals surface area contributed by atoms with Crippen molar-refractivity contribution >= 4 is 28.4 Å². The highest BCUT2D eigenvalue weighted by Gasteiger charge is 2.41. The SMILES string of the molecule is Cc1ccc(Sc2c(C(=O)C(F)(F)F)cnc3ccccc23)cc1. The lowest BCUT2D eigenvalue weighted by Crippen LogP contribution is -2.23. The number of ketones is 1. The molecule has 0 amide bonds. The minimum absolute atomic E-state index is 0.270. The fourth-order valence-corrected chi connectivity index (χ4v) is 3.31. The van der Waals surface area contributed by atoms with Gasteiger partial charge in [0.15, 0.2) is 0 Å². The highest BCUT2D eigenvalue weighted by atomic mass is 32.2. The molecular formula is C18H12F3NOS. The fraction of sp³-hybridized carbons (Fsp3) is 0.111. The second-order valence-corrected chi connectivity index (χ2v) is 6.34. The van der Waals surface area contributed by atoms with E-state index in [2.05, 4.69) is 4.98 Å². The minimum Gasteiger partial charge on any atom is -0.284 e. The number of aryl methyl sites for hydroxylation is 1. The first-order valence-electron chi connectivity index (χ1n) is 7.10. The van der Waals surface area contributed by atoms with Gasteiger partial charge in [0.05, 0.1) is 11.1 Å². The van der Waals surface area contributed by atoms with Gasteiger partial charge in [-0.05, 0) is 25.1 Å². The van der Waals surface area contributed by atoms with Crippen molar-refractivity contribution in [3.8, 4) is 0 Å². The number of Topliss-reactive ketones (excluding diaryl/α,β-unsaturated/α-hetero) is 1. The van der Waals surface area contributed by atoms with Crippen LogP contribution in [-0.2, 0) is 0 Å². The van der Waals surface area contributed by atoms with E-state index >= 15 is 0 Å². The van der Waals surface area contributed by atoms with Gasteiger partial charge in [0.2, 0.25) is 0 Å². The molecule has 0 spiro atoms. The minimum atomic E-state index is -4.94. The Kier molecular flexibility index (Phi) is 4.32. The molecule has 1 heterocycles. The van der Waals surface area contributed by atoms with Gasteiger partial charge in [-0.1, -0.05) is 47.7 Å². The van der Waals surface area contributed by atoms with E-state index in [4.69, 9.17) is 0 Å². The summed E-state index contributed by atoms with van der Waals surface area (Å²) in [4.78, 5) is 16.8. The first-order valence-corrected chi connectivity index (χ1v) is 7.92. The van der Waals surface area contributed by atoms with Crippen molar-refractivity contribution in [3.05, 3.63) is 65.9 Å². The van der Waals surface area contributed by atoms with Crippen molar-refractivity contribution in [2.24, 2.45) is 0 Å². The Balaban J connectivity index is 2.17. The normalized spacial score (nSPS) is 11.7. The number of aromatic nitrogens is 1. The maximum Gasteiger partial charge on any atom is 0.454 e. The molecule has 0 saturated heterocycles. The zero-order valence-electron chi connectivity index (χ0n) is 12.6. The molecule has 0 bridgehead atoms. The monoisotopic (exact) mass is 347 g/mol. The van der Waals surface area contributed by atoms with Crippen LogP contribution in [0.2, 0.25) is 0 Å². The maximum absolute atomic E-state index is 12.9. The number of hydrogen-bond donors (Lipinski definition) is 0. The molecule has 0 aliphatic heterocycles. The highest BCUT2D eigenvalue weighted by molar-refractivity contribution is 7.99. The number of halogens is 3. The number of carbonyl (C=O) groups excluding carboxylic acids is 1. The Labute approximate surface area is 140 Å². The van der Waals surface area contributed by atoms with Crippen molar-refractivity contribution in [2.75, 3.05) is 0 Å². The van der Waals surface area contributed by atoms with Crippen molar-refractivity contribution in [1.82, 2.24) is 4.98 Å². The largest absolute Gasteiger partial charge is 0.454 e. The van der Waals surface area contributed by atoms with E-state index < -0.39 is 17.5 Å². The van der Waals surface area contributed by atoms with Crippen molar-refractivity contribution in [2.45, 2.75) is 22.9 Å². The molecular weight excluding hydrogens is 335 g/mol. The van der Waals surface area contributed by atoms with Gasteiger partial charge in [0, 0.05) is 21.4 Å². The predicted octanol–water partition coefficient (Wildman–Crippen LogP) is 5.44. The van der Waals surface area contributed by atoms with Crippen LogP contribution in [0.3, 0.4) is 0 Å². The Morgan fingerprint density at radius 1 is 1.04 bits per heavy atom. The number of carbonyl (C=O) groups is 1. The molecule has 6 heteroatoms. The Morgan fingerprint density at radius 2 is 1.71 bits per heavy atom. The summed E-state index contributed by atoms with van der Waals surface area (Å²) >= 11 is 1.14. The third-order valence-corrected chi connectivity index (χ3v) is 4.62. The standard InChI is InChI=1S/C18H12F3NOS/c1-11-6-8-12(9-7-11)24-16-13-4-2-3-5-15(13)22-10-14(16)17(23)18(19,20)21/h2-10H,1H3. The number of benzene rings is 2. The molecule has 0 saturated carbocycles. The Bertz CT molecular complexity index is 904. The second kappa shape index (κ2) is 6.28. The summed E-state index contributed by atoms with van der Waals surface area (Å²) in [5.41, 5.74) is 1.17. The van der Waals surface area contributed by atoms with Crippen molar-refractivity contribution in [1.29, 1.82) is 0 Å². The summed E-state index contributed by atoms with van der Waals surface area (Å²) in [5, 5.41) is 0.526. The average Bonchev–Trinajstić information content (AvgIpc) is 2.56. The average molecular weight is 347 g/mol.